The summed E-state index contributed by atoms with van der Waals surface area (Å²) in [5.41, 5.74) is 1.17. The maximum absolute atomic E-state index is 12.5. The summed E-state index contributed by atoms with van der Waals surface area (Å²) in [6.07, 6.45) is -0.500. The summed E-state index contributed by atoms with van der Waals surface area (Å²) in [5.74, 6) is 0.0532. The van der Waals surface area contributed by atoms with E-state index in [1.807, 2.05) is 60.7 Å². The molecule has 0 aliphatic heterocycles. The molecule has 0 fully saturated rings. The van der Waals surface area contributed by atoms with Gasteiger partial charge in [0.25, 0.3) is 0 Å². The first kappa shape index (κ1) is 36.3. The summed E-state index contributed by atoms with van der Waals surface area (Å²) in [6, 6.07) is 22.4. The van der Waals surface area contributed by atoms with Crippen molar-refractivity contribution in [1.29, 1.82) is 0 Å². The van der Waals surface area contributed by atoms with E-state index in [1.165, 1.54) is 0 Å². The Morgan fingerprint density at radius 2 is 0.889 bits per heavy atom. The number of fused-ring (bicyclic) bond motifs is 2. The number of aromatic hydroxyl groups is 1. The van der Waals surface area contributed by atoms with Gasteiger partial charge in [0.15, 0.2) is 0 Å². The molecule has 4 rings (SSSR count). The predicted molar refractivity (Wildman–Crippen MR) is 140 cm³/mol. The number of hydrogen-bond acceptors (Lipinski definition) is 5. The molecule has 188 valence electrons. The fraction of sp³-hybridized carbons (Fsp3) is 0.310. The molecule has 4 aromatic rings. The van der Waals surface area contributed by atoms with E-state index in [0.29, 0.717) is 11.1 Å². The number of rotatable bonds is 1. The summed E-state index contributed by atoms with van der Waals surface area (Å²) < 4.78 is 0. The van der Waals surface area contributed by atoms with Crippen molar-refractivity contribution in [3.8, 4) is 22.6 Å². The molecule has 0 heterocycles. The molecule has 0 atom stereocenters. The van der Waals surface area contributed by atoms with E-state index in [0.717, 1.165) is 21.5 Å². The second-order valence-electron chi connectivity index (χ2n) is 8.62. The van der Waals surface area contributed by atoms with Gasteiger partial charge in [0.05, 0.1) is 0 Å². The largest absolute Gasteiger partial charge is 1.00 e. The monoisotopic (exact) mass is 520 g/mol. The van der Waals surface area contributed by atoms with Crippen molar-refractivity contribution < 1.29 is 66.1 Å². The minimum atomic E-state index is -0.167. The summed E-state index contributed by atoms with van der Waals surface area (Å²) >= 11 is 0. The zero-order valence-corrected chi connectivity index (χ0v) is 23.9. The first-order valence-electron chi connectivity index (χ1n) is 11.4. The Morgan fingerprint density at radius 3 is 1.31 bits per heavy atom. The number of aliphatic hydroxyl groups excluding tert-OH is 3. The van der Waals surface area contributed by atoms with Crippen LogP contribution >= 0.6 is 0 Å². The fourth-order valence-corrected chi connectivity index (χ4v) is 3.03. The van der Waals surface area contributed by atoms with Crippen LogP contribution in [0.3, 0.4) is 0 Å². The number of hydrogen-bond donors (Lipinski definition) is 4. The first-order valence-corrected chi connectivity index (χ1v) is 11.4. The van der Waals surface area contributed by atoms with Crippen molar-refractivity contribution in [3.05, 3.63) is 72.8 Å². The number of phenolic OH excluding ortho intramolecular Hbond substituents is 1. The van der Waals surface area contributed by atoms with Gasteiger partial charge in [-0.05, 0) is 74.7 Å². The summed E-state index contributed by atoms with van der Waals surface area (Å²) in [4.78, 5) is 0. The van der Waals surface area contributed by atoms with Crippen LogP contribution in [0.25, 0.3) is 32.7 Å². The van der Waals surface area contributed by atoms with Crippen LogP contribution in [0.5, 0.6) is 11.5 Å². The Morgan fingerprint density at radius 1 is 0.556 bits per heavy atom. The Bertz CT molecular complexity index is 1060. The number of aliphatic hydroxyl groups is 3. The second-order valence-corrected chi connectivity index (χ2v) is 8.62. The summed E-state index contributed by atoms with van der Waals surface area (Å²) in [7, 11) is 0. The maximum Gasteiger partial charge on any atom is 1.00 e. The molecule has 0 aromatic heterocycles. The zero-order chi connectivity index (χ0) is 25.8. The Labute approximate surface area is 241 Å². The van der Waals surface area contributed by atoms with Gasteiger partial charge in [0.2, 0.25) is 0 Å². The van der Waals surface area contributed by atoms with Gasteiger partial charge in [-0.25, -0.2) is 0 Å². The molecule has 0 spiro atoms. The van der Waals surface area contributed by atoms with Crippen LogP contribution in [0.4, 0.5) is 0 Å². The third-order valence-corrected chi connectivity index (χ3v) is 4.05. The van der Waals surface area contributed by atoms with E-state index in [9.17, 15) is 10.2 Å². The Kier molecular flexibility index (Phi) is 18.6. The average Bonchev–Trinajstić information content (AvgIpc) is 2.73. The van der Waals surface area contributed by atoms with Crippen LogP contribution in [-0.2, 0) is 21.7 Å². The van der Waals surface area contributed by atoms with Crippen molar-refractivity contribution in [1.82, 2.24) is 0 Å². The minimum absolute atomic E-state index is 0. The SMILES string of the molecule is CC(C)O.CC(C)O.CC(C)O.[Li+].[O-]c1ccc2ccccc2c1-c1c(O)ccc2ccccc12.[Ti]. The molecule has 5 nitrogen and oxygen atoms in total. The molecule has 4 aromatic carbocycles. The van der Waals surface area contributed by atoms with Crippen LogP contribution in [0, 0.1) is 0 Å². The third-order valence-electron chi connectivity index (χ3n) is 4.05. The molecular weight excluding hydrogens is 483 g/mol. The van der Waals surface area contributed by atoms with Crippen LogP contribution in [-0.4, -0.2) is 38.7 Å². The van der Waals surface area contributed by atoms with E-state index in [4.69, 9.17) is 15.3 Å². The summed E-state index contributed by atoms with van der Waals surface area (Å²) in [6.45, 7) is 10.3. The van der Waals surface area contributed by atoms with Gasteiger partial charge >= 0.3 is 18.9 Å². The molecule has 0 amide bonds. The Balaban J connectivity index is 0. The van der Waals surface area contributed by atoms with Crippen LogP contribution < -0.4 is 24.0 Å². The molecule has 0 saturated heterocycles. The molecule has 7 heteroatoms. The van der Waals surface area contributed by atoms with Gasteiger partial charge in [-0.15, -0.1) is 5.75 Å². The van der Waals surface area contributed by atoms with E-state index in [2.05, 4.69) is 0 Å². The molecule has 0 bridgehead atoms. The van der Waals surface area contributed by atoms with Crippen LogP contribution in [0.15, 0.2) is 72.8 Å². The molecule has 4 N–H and O–H groups in total. The van der Waals surface area contributed by atoms with Crippen molar-refractivity contribution >= 4 is 21.5 Å². The van der Waals surface area contributed by atoms with Crippen molar-refractivity contribution in [2.45, 2.75) is 59.9 Å². The van der Waals surface area contributed by atoms with E-state index < -0.39 is 0 Å². The van der Waals surface area contributed by atoms with Crippen molar-refractivity contribution in [3.63, 3.8) is 0 Å². The van der Waals surface area contributed by atoms with Crippen molar-refractivity contribution in [2.75, 3.05) is 0 Å². The zero-order valence-electron chi connectivity index (χ0n) is 22.4. The predicted octanol–water partition coefficient (Wildman–Crippen LogP) is 2.60. The molecule has 0 radical (unpaired) electrons. The molecule has 36 heavy (non-hydrogen) atoms. The molecular formula is C29H37LiO5Ti. The van der Waals surface area contributed by atoms with E-state index in [-0.39, 0.29) is 70.4 Å². The fourth-order valence-electron chi connectivity index (χ4n) is 3.03. The van der Waals surface area contributed by atoms with E-state index >= 15 is 0 Å². The Hall–Kier alpha value is -1.81. The second kappa shape index (κ2) is 18.4. The van der Waals surface area contributed by atoms with Crippen LogP contribution in [0.2, 0.25) is 0 Å². The maximum atomic E-state index is 12.5. The first-order chi connectivity index (χ1) is 16.0. The molecule has 0 aliphatic carbocycles. The molecule has 0 unspecified atom stereocenters. The minimum Gasteiger partial charge on any atom is -0.872 e. The normalized spacial score (nSPS) is 9.78. The topological polar surface area (TPSA) is 104 Å². The number of benzene rings is 4. The van der Waals surface area contributed by atoms with Crippen LogP contribution in [0.1, 0.15) is 41.5 Å². The average molecular weight is 520 g/mol. The van der Waals surface area contributed by atoms with Gasteiger partial charge in [0, 0.05) is 45.6 Å². The smallest absolute Gasteiger partial charge is 0.872 e. The number of phenols is 1. The third kappa shape index (κ3) is 12.4. The van der Waals surface area contributed by atoms with Gasteiger partial charge in [-0.2, -0.15) is 0 Å². The van der Waals surface area contributed by atoms with Crippen molar-refractivity contribution in [2.24, 2.45) is 0 Å². The molecule has 0 aliphatic rings. The van der Waals surface area contributed by atoms with Gasteiger partial charge < -0.3 is 25.5 Å². The standard InChI is InChI=1S/C20H14O2.3C3H8O.Li.Ti/c21-17-11-9-13-5-1-3-7-15(13)19(17)20-16-8-4-2-6-14(16)10-12-18(20)22;3*1-3(2)4;;/h1-12,21-22H;3*3-4H,1-2H3;;/q;;;;+1;/p-1. The quantitative estimate of drug-likeness (QED) is 0.289. The van der Waals surface area contributed by atoms with Gasteiger partial charge in [-0.1, -0.05) is 66.7 Å². The molecule has 0 saturated carbocycles. The van der Waals surface area contributed by atoms with Gasteiger partial charge in [0.1, 0.15) is 5.75 Å². The summed E-state index contributed by atoms with van der Waals surface area (Å²) in [5, 5.41) is 50.8. The van der Waals surface area contributed by atoms with Gasteiger partial charge in [-0.3, -0.25) is 0 Å². The van der Waals surface area contributed by atoms with E-state index in [1.54, 1.807) is 53.7 Å².